The summed E-state index contributed by atoms with van der Waals surface area (Å²) in [6, 6.07) is 4.75. The van der Waals surface area contributed by atoms with E-state index in [1.54, 1.807) is 12.1 Å². The molecule has 1 heterocycles. The predicted molar refractivity (Wildman–Crippen MR) is 76.8 cm³/mol. The molecule has 0 aliphatic heterocycles. The number of benzene rings is 1. The van der Waals surface area contributed by atoms with E-state index in [-0.39, 0.29) is 5.75 Å². The summed E-state index contributed by atoms with van der Waals surface area (Å²) in [4.78, 5) is 8.30. The molecule has 2 aromatic rings. The Hall–Kier alpha value is -2.17. The number of hydrogen-bond donors (Lipinski definition) is 1. The number of nitrogens with one attached hydrogen (secondary N) is 1. The van der Waals surface area contributed by atoms with Gasteiger partial charge in [-0.15, -0.1) is 0 Å². The lowest BCUT2D eigenvalue weighted by Crippen LogP contribution is -2.06. The molecular weight excluding hydrogens is 257 g/mol. The fourth-order valence-corrected chi connectivity index (χ4v) is 1.92. The molecular formula is C15H18FN3O. The molecule has 0 saturated carbocycles. The third-order valence-electron chi connectivity index (χ3n) is 2.90. The van der Waals surface area contributed by atoms with Crippen molar-refractivity contribution < 1.29 is 9.13 Å². The van der Waals surface area contributed by atoms with Crippen molar-refractivity contribution in [1.29, 1.82) is 0 Å². The number of hydrogen-bond acceptors (Lipinski definition) is 4. The smallest absolute Gasteiger partial charge is 0.227 e. The molecule has 0 spiro atoms. The van der Waals surface area contributed by atoms with Gasteiger partial charge >= 0.3 is 0 Å². The third kappa shape index (κ3) is 3.04. The van der Waals surface area contributed by atoms with Crippen LogP contribution in [-0.4, -0.2) is 16.5 Å². The van der Waals surface area contributed by atoms with Crippen LogP contribution in [0.25, 0.3) is 0 Å². The highest BCUT2D eigenvalue weighted by Gasteiger charge is 2.13. The number of aromatic nitrogens is 2. The second-order valence-electron chi connectivity index (χ2n) is 4.43. The van der Waals surface area contributed by atoms with E-state index in [0.29, 0.717) is 12.3 Å². The first-order valence-electron chi connectivity index (χ1n) is 6.67. The number of rotatable bonds is 5. The van der Waals surface area contributed by atoms with Gasteiger partial charge in [0, 0.05) is 6.54 Å². The van der Waals surface area contributed by atoms with Crippen molar-refractivity contribution in [3.8, 4) is 11.6 Å². The minimum atomic E-state index is -0.402. The standard InChI is InChI=1S/C15H18FN3O/c1-4-11-14(17-5-2)18-9-19-15(11)20-13-8-10(3)6-7-12(13)16/h6-9H,4-5H2,1-3H3,(H,17,18,19). The minimum absolute atomic E-state index is 0.181. The molecule has 5 heteroatoms. The summed E-state index contributed by atoms with van der Waals surface area (Å²) in [5.41, 5.74) is 1.77. The first kappa shape index (κ1) is 14.2. The van der Waals surface area contributed by atoms with E-state index < -0.39 is 5.82 Å². The van der Waals surface area contributed by atoms with E-state index in [2.05, 4.69) is 15.3 Å². The third-order valence-corrected chi connectivity index (χ3v) is 2.90. The van der Waals surface area contributed by atoms with Crippen molar-refractivity contribution in [3.05, 3.63) is 41.5 Å². The lowest BCUT2D eigenvalue weighted by molar-refractivity contribution is 0.421. The molecule has 106 valence electrons. The average molecular weight is 275 g/mol. The van der Waals surface area contributed by atoms with Crippen molar-refractivity contribution in [1.82, 2.24) is 9.97 Å². The van der Waals surface area contributed by atoms with Gasteiger partial charge in [0.15, 0.2) is 11.6 Å². The van der Waals surface area contributed by atoms with E-state index in [1.807, 2.05) is 20.8 Å². The van der Waals surface area contributed by atoms with Crippen molar-refractivity contribution in [2.24, 2.45) is 0 Å². The van der Waals surface area contributed by atoms with Gasteiger partial charge in [0.1, 0.15) is 12.1 Å². The number of nitrogens with zero attached hydrogens (tertiary/aromatic N) is 2. The molecule has 0 fully saturated rings. The van der Waals surface area contributed by atoms with E-state index in [0.717, 1.165) is 23.5 Å². The molecule has 0 aliphatic carbocycles. The number of ether oxygens (including phenoxy) is 1. The van der Waals surface area contributed by atoms with Crippen LogP contribution in [-0.2, 0) is 6.42 Å². The van der Waals surface area contributed by atoms with Gasteiger partial charge < -0.3 is 10.1 Å². The second kappa shape index (κ2) is 6.32. The van der Waals surface area contributed by atoms with Gasteiger partial charge in [-0.25, -0.2) is 14.4 Å². The molecule has 0 saturated heterocycles. The summed E-state index contributed by atoms with van der Waals surface area (Å²) in [7, 11) is 0. The normalized spacial score (nSPS) is 10.4. The van der Waals surface area contributed by atoms with Gasteiger partial charge in [0.2, 0.25) is 5.88 Å². The quantitative estimate of drug-likeness (QED) is 0.903. The summed E-state index contributed by atoms with van der Waals surface area (Å²) in [5, 5.41) is 3.15. The Balaban J connectivity index is 2.37. The first-order chi connectivity index (χ1) is 9.65. The lowest BCUT2D eigenvalue weighted by atomic mass is 10.2. The van der Waals surface area contributed by atoms with Gasteiger partial charge in [-0.05, 0) is 38.0 Å². The highest BCUT2D eigenvalue weighted by molar-refractivity contribution is 5.49. The van der Waals surface area contributed by atoms with Gasteiger partial charge in [0.05, 0.1) is 5.56 Å². The fourth-order valence-electron chi connectivity index (χ4n) is 1.92. The van der Waals surface area contributed by atoms with Gasteiger partial charge in [0.25, 0.3) is 0 Å². The Kier molecular flexibility index (Phi) is 4.50. The van der Waals surface area contributed by atoms with Gasteiger partial charge in [-0.2, -0.15) is 0 Å². The monoisotopic (exact) mass is 275 g/mol. The molecule has 1 aromatic carbocycles. The summed E-state index contributed by atoms with van der Waals surface area (Å²) in [5.74, 6) is 0.901. The molecule has 0 aliphatic rings. The Morgan fingerprint density at radius 2 is 2.05 bits per heavy atom. The highest BCUT2D eigenvalue weighted by atomic mass is 19.1. The van der Waals surface area contributed by atoms with Crippen molar-refractivity contribution in [2.75, 3.05) is 11.9 Å². The Morgan fingerprint density at radius 3 is 2.75 bits per heavy atom. The molecule has 2 rings (SSSR count). The van der Waals surface area contributed by atoms with E-state index >= 15 is 0 Å². The largest absolute Gasteiger partial charge is 0.435 e. The average Bonchev–Trinajstić information content (AvgIpc) is 2.43. The van der Waals surface area contributed by atoms with Crippen LogP contribution in [0.2, 0.25) is 0 Å². The molecule has 0 radical (unpaired) electrons. The van der Waals surface area contributed by atoms with E-state index in [1.165, 1.54) is 12.4 Å². The number of aryl methyl sites for hydroxylation is 1. The molecule has 20 heavy (non-hydrogen) atoms. The SMILES string of the molecule is CCNc1ncnc(Oc2cc(C)ccc2F)c1CC. The zero-order valence-corrected chi connectivity index (χ0v) is 11.9. The Labute approximate surface area is 118 Å². The zero-order chi connectivity index (χ0) is 14.5. The summed E-state index contributed by atoms with van der Waals surface area (Å²) >= 11 is 0. The zero-order valence-electron chi connectivity index (χ0n) is 11.9. The van der Waals surface area contributed by atoms with E-state index in [4.69, 9.17) is 4.74 Å². The molecule has 0 bridgehead atoms. The Morgan fingerprint density at radius 1 is 1.25 bits per heavy atom. The maximum Gasteiger partial charge on any atom is 0.227 e. The van der Waals surface area contributed by atoms with Crippen LogP contribution in [0.15, 0.2) is 24.5 Å². The fraction of sp³-hybridized carbons (Fsp3) is 0.333. The predicted octanol–water partition coefficient (Wildman–Crippen LogP) is 3.71. The summed E-state index contributed by atoms with van der Waals surface area (Å²) in [6.45, 7) is 6.61. The maximum atomic E-state index is 13.8. The molecule has 1 aromatic heterocycles. The second-order valence-corrected chi connectivity index (χ2v) is 4.43. The maximum absolute atomic E-state index is 13.8. The van der Waals surface area contributed by atoms with Crippen LogP contribution in [0.3, 0.4) is 0 Å². The van der Waals surface area contributed by atoms with Crippen LogP contribution in [0, 0.1) is 12.7 Å². The highest BCUT2D eigenvalue weighted by Crippen LogP contribution is 2.29. The first-order valence-corrected chi connectivity index (χ1v) is 6.67. The van der Waals surface area contributed by atoms with Crippen LogP contribution >= 0.6 is 0 Å². The van der Waals surface area contributed by atoms with Crippen LogP contribution < -0.4 is 10.1 Å². The van der Waals surface area contributed by atoms with Crippen LogP contribution in [0.4, 0.5) is 10.2 Å². The van der Waals surface area contributed by atoms with Gasteiger partial charge in [-0.3, -0.25) is 0 Å². The topological polar surface area (TPSA) is 47.0 Å². The lowest BCUT2D eigenvalue weighted by Gasteiger charge is -2.13. The number of halogens is 1. The number of anilines is 1. The van der Waals surface area contributed by atoms with Crippen molar-refractivity contribution in [2.45, 2.75) is 27.2 Å². The van der Waals surface area contributed by atoms with E-state index in [9.17, 15) is 4.39 Å². The molecule has 0 unspecified atom stereocenters. The Bertz CT molecular complexity index is 602. The van der Waals surface area contributed by atoms with Crippen LogP contribution in [0.5, 0.6) is 11.6 Å². The molecule has 4 nitrogen and oxygen atoms in total. The van der Waals surface area contributed by atoms with Gasteiger partial charge in [-0.1, -0.05) is 13.0 Å². The molecule has 1 N–H and O–H groups in total. The molecule has 0 atom stereocenters. The summed E-state index contributed by atoms with van der Waals surface area (Å²) < 4.78 is 19.4. The minimum Gasteiger partial charge on any atom is -0.435 e. The van der Waals surface area contributed by atoms with Crippen LogP contribution in [0.1, 0.15) is 25.0 Å². The van der Waals surface area contributed by atoms with Crippen molar-refractivity contribution >= 4 is 5.82 Å². The summed E-state index contributed by atoms with van der Waals surface area (Å²) in [6.07, 6.45) is 2.12. The molecule has 0 amide bonds. The van der Waals surface area contributed by atoms with Crippen molar-refractivity contribution in [3.63, 3.8) is 0 Å².